The van der Waals surface area contributed by atoms with Gasteiger partial charge in [-0.25, -0.2) is 9.13 Å². The number of hydrogen-bond donors (Lipinski definition) is 0. The first-order chi connectivity index (χ1) is 26.6. The predicted molar refractivity (Wildman–Crippen MR) is 224 cm³/mol. The van der Waals surface area contributed by atoms with Crippen molar-refractivity contribution in [3.05, 3.63) is 179 Å². The molecule has 0 unspecified atom stereocenters. The molecule has 0 bridgehead atoms. The van der Waals surface area contributed by atoms with Crippen molar-refractivity contribution in [1.29, 1.82) is 0 Å². The molecule has 6 aromatic rings. The fraction of sp³-hybridized carbons (Fsp3) is 0.174. The number of ether oxygens (including phenoxy) is 4. The molecule has 54 heavy (non-hydrogen) atoms. The van der Waals surface area contributed by atoms with Crippen LogP contribution in [0, 0.1) is 0 Å². The summed E-state index contributed by atoms with van der Waals surface area (Å²) < 4.78 is 27.7. The van der Waals surface area contributed by atoms with E-state index in [9.17, 15) is 0 Å². The molecule has 4 aromatic carbocycles. The Hall–Kier alpha value is -5.44. The number of aromatic nitrogens is 2. The summed E-state index contributed by atoms with van der Waals surface area (Å²) in [7, 11) is 7.18. The fourth-order valence-corrected chi connectivity index (χ4v) is 7.49. The zero-order chi connectivity index (χ0) is 37.2. The van der Waals surface area contributed by atoms with Gasteiger partial charge in [0, 0.05) is 24.3 Å². The van der Waals surface area contributed by atoms with Crippen molar-refractivity contribution in [2.24, 2.45) is 0 Å². The molecule has 6 nitrogen and oxygen atoms in total. The van der Waals surface area contributed by atoms with Crippen LogP contribution >= 0.6 is 21.6 Å². The van der Waals surface area contributed by atoms with Gasteiger partial charge in [0.1, 0.15) is 13.2 Å². The van der Waals surface area contributed by atoms with E-state index in [0.717, 1.165) is 81.0 Å². The van der Waals surface area contributed by atoms with E-state index in [0.29, 0.717) is 13.2 Å². The number of benzene rings is 4. The van der Waals surface area contributed by atoms with Gasteiger partial charge in [-0.3, -0.25) is 0 Å². The van der Waals surface area contributed by atoms with Crippen molar-refractivity contribution >= 4 is 45.9 Å². The molecule has 0 N–H and O–H groups in total. The fourth-order valence-electron chi connectivity index (χ4n) is 5.53. The minimum atomic E-state index is 0.502. The standard InChI is InChI=1S/C46H46N2O4S2/c1-49-45-33-39(17-19-43(45)51-35-41-9-5-3-6-10-41)15-13-37-21-25-47(26-22-37)29-31-53-54-32-30-48-27-23-38(24-28-48)14-16-40-18-20-44(46(34-40)50-2)52-36-42-11-7-4-8-12-42/h3-28,33-34H,29-32,35-36H2,1-2H3/q+2/b15-13+,16-14+. The van der Waals surface area contributed by atoms with E-state index in [2.05, 4.69) is 107 Å². The molecule has 0 saturated carbocycles. The summed E-state index contributed by atoms with van der Waals surface area (Å²) in [6.07, 6.45) is 17.0. The summed E-state index contributed by atoms with van der Waals surface area (Å²) >= 11 is 0. The Morgan fingerprint density at radius 3 is 1.22 bits per heavy atom. The normalized spacial score (nSPS) is 11.2. The lowest BCUT2D eigenvalue weighted by Gasteiger charge is -2.11. The van der Waals surface area contributed by atoms with Gasteiger partial charge in [0.2, 0.25) is 0 Å². The Morgan fingerprint density at radius 2 is 0.833 bits per heavy atom. The molecule has 0 aliphatic heterocycles. The van der Waals surface area contributed by atoms with Crippen molar-refractivity contribution in [2.75, 3.05) is 25.7 Å². The minimum absolute atomic E-state index is 0.502. The highest BCUT2D eigenvalue weighted by molar-refractivity contribution is 8.76. The maximum absolute atomic E-state index is 6.00. The van der Waals surface area contributed by atoms with Crippen molar-refractivity contribution in [3.8, 4) is 23.0 Å². The summed E-state index contributed by atoms with van der Waals surface area (Å²) in [5.74, 6) is 5.00. The van der Waals surface area contributed by atoms with Crippen LogP contribution in [0.4, 0.5) is 0 Å². The van der Waals surface area contributed by atoms with Gasteiger partial charge in [-0.2, -0.15) is 0 Å². The molecule has 0 fully saturated rings. The zero-order valence-corrected chi connectivity index (χ0v) is 32.4. The molecule has 0 radical (unpaired) electrons. The topological polar surface area (TPSA) is 44.7 Å². The second-order valence-corrected chi connectivity index (χ2v) is 15.1. The molecule has 2 aromatic heterocycles. The predicted octanol–water partition coefficient (Wildman–Crippen LogP) is 9.86. The van der Waals surface area contributed by atoms with E-state index in [1.807, 2.05) is 94.4 Å². The molecule has 0 aliphatic rings. The molecule has 0 aliphatic carbocycles. The first kappa shape index (κ1) is 38.3. The number of methoxy groups -OCH3 is 2. The summed E-state index contributed by atoms with van der Waals surface area (Å²) in [5.41, 5.74) is 6.65. The highest BCUT2D eigenvalue weighted by Crippen LogP contribution is 2.31. The lowest BCUT2D eigenvalue weighted by atomic mass is 10.1. The molecular weight excluding hydrogens is 709 g/mol. The second kappa shape index (κ2) is 20.7. The summed E-state index contributed by atoms with van der Waals surface area (Å²) in [4.78, 5) is 0. The van der Waals surface area contributed by atoms with Gasteiger partial charge in [0.15, 0.2) is 60.9 Å². The van der Waals surface area contributed by atoms with E-state index in [1.54, 1.807) is 14.2 Å². The van der Waals surface area contributed by atoms with Gasteiger partial charge >= 0.3 is 0 Å². The van der Waals surface area contributed by atoms with Gasteiger partial charge < -0.3 is 18.9 Å². The van der Waals surface area contributed by atoms with Crippen LogP contribution in [0.2, 0.25) is 0 Å². The SMILES string of the molecule is COc1cc(/C=C/c2cc[n+](CCSSCC[n+]3ccc(/C=C/c4ccc(OCc5ccccc5)c(OC)c4)cc3)cc2)ccc1OCc1ccccc1. The molecule has 0 spiro atoms. The Kier molecular flexibility index (Phi) is 14.7. The maximum Gasteiger partial charge on any atom is 0.169 e. The van der Waals surface area contributed by atoms with Gasteiger partial charge in [-0.15, -0.1) is 0 Å². The van der Waals surface area contributed by atoms with Gasteiger partial charge in [0.25, 0.3) is 0 Å². The maximum atomic E-state index is 6.00. The third kappa shape index (κ3) is 12.0. The van der Waals surface area contributed by atoms with Crippen LogP contribution in [-0.4, -0.2) is 25.7 Å². The van der Waals surface area contributed by atoms with E-state index in [-0.39, 0.29) is 0 Å². The molecule has 0 atom stereocenters. The Bertz CT molecular complexity index is 1940. The van der Waals surface area contributed by atoms with Gasteiger partial charge in [-0.1, -0.05) is 119 Å². The van der Waals surface area contributed by atoms with E-state index < -0.39 is 0 Å². The summed E-state index contributed by atoms with van der Waals surface area (Å²) in [6, 6.07) is 40.9. The smallest absolute Gasteiger partial charge is 0.169 e. The minimum Gasteiger partial charge on any atom is -0.493 e. The molecular formula is C46H46N2O4S2+2. The summed E-state index contributed by atoms with van der Waals surface area (Å²) in [5, 5.41) is 0. The lowest BCUT2D eigenvalue weighted by molar-refractivity contribution is -0.692. The molecule has 0 saturated heterocycles. The highest BCUT2D eigenvalue weighted by atomic mass is 33.1. The van der Waals surface area contributed by atoms with Crippen molar-refractivity contribution in [1.82, 2.24) is 0 Å². The number of pyridine rings is 2. The first-order valence-electron chi connectivity index (χ1n) is 17.9. The van der Waals surface area contributed by atoms with Gasteiger partial charge in [0.05, 0.1) is 25.7 Å². The van der Waals surface area contributed by atoms with Crippen LogP contribution in [0.15, 0.2) is 146 Å². The number of nitrogens with zero attached hydrogens (tertiary/aromatic N) is 2. The monoisotopic (exact) mass is 754 g/mol. The quantitative estimate of drug-likeness (QED) is 0.0466. The van der Waals surface area contributed by atoms with Crippen LogP contribution < -0.4 is 28.1 Å². The number of rotatable bonds is 19. The highest BCUT2D eigenvalue weighted by Gasteiger charge is 2.08. The van der Waals surface area contributed by atoms with Crippen LogP contribution in [-0.2, 0) is 26.3 Å². The Labute approximate surface area is 327 Å². The van der Waals surface area contributed by atoms with Crippen LogP contribution in [0.3, 0.4) is 0 Å². The van der Waals surface area contributed by atoms with Crippen molar-refractivity contribution < 1.29 is 28.1 Å². The summed E-state index contributed by atoms with van der Waals surface area (Å²) in [6.45, 7) is 2.93. The average Bonchev–Trinajstić information content (AvgIpc) is 3.23. The third-order valence-electron chi connectivity index (χ3n) is 8.57. The van der Waals surface area contributed by atoms with E-state index in [1.165, 1.54) is 0 Å². The Morgan fingerprint density at radius 1 is 0.444 bits per heavy atom. The van der Waals surface area contributed by atoms with Gasteiger partial charge in [-0.05, 0) is 57.6 Å². The Balaban J connectivity index is 0.878. The first-order valence-corrected chi connectivity index (χ1v) is 20.4. The van der Waals surface area contributed by atoms with Crippen molar-refractivity contribution in [2.45, 2.75) is 26.3 Å². The van der Waals surface area contributed by atoms with Crippen molar-refractivity contribution in [3.63, 3.8) is 0 Å². The van der Waals surface area contributed by atoms with Crippen LogP contribution in [0.25, 0.3) is 24.3 Å². The third-order valence-corrected chi connectivity index (χ3v) is 10.9. The molecule has 6 rings (SSSR count). The largest absolute Gasteiger partial charge is 0.493 e. The number of aryl methyl sites for hydroxylation is 2. The number of hydrogen-bond acceptors (Lipinski definition) is 6. The van der Waals surface area contributed by atoms with Crippen LogP contribution in [0.5, 0.6) is 23.0 Å². The average molecular weight is 755 g/mol. The second-order valence-electron chi connectivity index (χ2n) is 12.4. The zero-order valence-electron chi connectivity index (χ0n) is 30.8. The molecule has 274 valence electrons. The molecule has 8 heteroatoms. The van der Waals surface area contributed by atoms with E-state index >= 15 is 0 Å². The molecule has 2 heterocycles. The van der Waals surface area contributed by atoms with Crippen LogP contribution in [0.1, 0.15) is 33.4 Å². The lowest BCUT2D eigenvalue weighted by Crippen LogP contribution is -2.34. The van der Waals surface area contributed by atoms with E-state index in [4.69, 9.17) is 18.9 Å². The molecule has 0 amide bonds.